The summed E-state index contributed by atoms with van der Waals surface area (Å²) >= 11 is 6.78. The fraction of sp³-hybridized carbons (Fsp3) is 0.611. The van der Waals surface area contributed by atoms with Gasteiger partial charge in [0, 0.05) is 11.3 Å². The Labute approximate surface area is 158 Å². The van der Waals surface area contributed by atoms with E-state index in [0.717, 1.165) is 56.9 Å². The number of thiocarbonyl (C=S) groups is 1. The second kappa shape index (κ2) is 9.87. The third kappa shape index (κ3) is 5.51. The molecular formula is C18H26N2O3S2. The fourth-order valence-electron chi connectivity index (χ4n) is 3.01. The summed E-state index contributed by atoms with van der Waals surface area (Å²) in [6.45, 7) is 2.14. The number of carbonyl (C=O) groups is 2. The number of nitrogens with one attached hydrogen (secondary N) is 2. The summed E-state index contributed by atoms with van der Waals surface area (Å²) in [6.07, 6.45) is 8.72. The lowest BCUT2D eigenvalue weighted by Crippen LogP contribution is -2.34. The molecule has 1 aliphatic carbocycles. The Morgan fingerprint density at radius 1 is 1.20 bits per heavy atom. The number of unbranched alkanes of at least 4 members (excludes halogenated alkanes) is 3. The summed E-state index contributed by atoms with van der Waals surface area (Å²) in [6, 6.07) is 0. The van der Waals surface area contributed by atoms with Crippen molar-refractivity contribution in [3.8, 4) is 0 Å². The van der Waals surface area contributed by atoms with Crippen LogP contribution in [0.1, 0.15) is 72.7 Å². The van der Waals surface area contributed by atoms with Gasteiger partial charge in [0.15, 0.2) is 5.11 Å². The SMILES string of the molecule is CCCCCCC(=O)NC(=S)Nc1sc2c(c1C(=O)OC)CCCC2. The van der Waals surface area contributed by atoms with Crippen LogP contribution in [0.3, 0.4) is 0 Å². The predicted octanol–water partition coefficient (Wildman–Crippen LogP) is 4.20. The average molecular weight is 383 g/mol. The van der Waals surface area contributed by atoms with E-state index in [1.165, 1.54) is 23.3 Å². The smallest absolute Gasteiger partial charge is 0.341 e. The van der Waals surface area contributed by atoms with E-state index in [1.807, 2.05) is 0 Å². The Kier molecular flexibility index (Phi) is 7.84. The summed E-state index contributed by atoms with van der Waals surface area (Å²) in [7, 11) is 1.38. The van der Waals surface area contributed by atoms with Crippen LogP contribution in [0.25, 0.3) is 0 Å². The Balaban J connectivity index is 1.99. The van der Waals surface area contributed by atoms with Crippen LogP contribution < -0.4 is 10.6 Å². The second-order valence-electron chi connectivity index (χ2n) is 6.22. The van der Waals surface area contributed by atoms with Gasteiger partial charge in [-0.25, -0.2) is 4.79 Å². The standard InChI is InChI=1S/C18H26N2O3S2/c1-3-4-5-6-11-14(21)19-18(24)20-16-15(17(22)23-2)12-9-7-8-10-13(12)25-16/h3-11H2,1-2H3,(H2,19,20,21,24). The third-order valence-electron chi connectivity index (χ3n) is 4.30. The summed E-state index contributed by atoms with van der Waals surface area (Å²) in [5.74, 6) is -0.440. The number of aryl methyl sites for hydroxylation is 1. The third-order valence-corrected chi connectivity index (χ3v) is 5.71. The lowest BCUT2D eigenvalue weighted by atomic mass is 9.95. The molecule has 0 atom stereocenters. The first kappa shape index (κ1) is 19.8. The number of methoxy groups -OCH3 is 1. The van der Waals surface area contributed by atoms with Gasteiger partial charge < -0.3 is 15.4 Å². The molecule has 1 amide bonds. The van der Waals surface area contributed by atoms with Crippen LogP contribution in [0.15, 0.2) is 0 Å². The fourth-order valence-corrected chi connectivity index (χ4v) is 4.57. The largest absolute Gasteiger partial charge is 0.465 e. The molecule has 5 nitrogen and oxygen atoms in total. The van der Waals surface area contributed by atoms with Gasteiger partial charge in [0.25, 0.3) is 0 Å². The molecule has 2 rings (SSSR count). The van der Waals surface area contributed by atoms with Crippen LogP contribution in [0.4, 0.5) is 5.00 Å². The molecule has 138 valence electrons. The molecule has 0 aliphatic heterocycles. The number of ether oxygens (including phenoxy) is 1. The summed E-state index contributed by atoms with van der Waals surface area (Å²) < 4.78 is 4.94. The highest BCUT2D eigenvalue weighted by molar-refractivity contribution is 7.80. The molecule has 2 N–H and O–H groups in total. The first-order valence-electron chi connectivity index (χ1n) is 8.90. The molecule has 25 heavy (non-hydrogen) atoms. The molecule has 1 heterocycles. The first-order chi connectivity index (χ1) is 12.1. The van der Waals surface area contributed by atoms with Gasteiger partial charge in [0.2, 0.25) is 5.91 Å². The number of thiophene rings is 1. The predicted molar refractivity (Wildman–Crippen MR) is 105 cm³/mol. The number of hydrogen-bond acceptors (Lipinski definition) is 5. The van der Waals surface area contributed by atoms with Crippen LogP contribution in [0.2, 0.25) is 0 Å². The zero-order chi connectivity index (χ0) is 18.2. The monoisotopic (exact) mass is 382 g/mol. The number of rotatable bonds is 7. The highest BCUT2D eigenvalue weighted by Gasteiger charge is 2.26. The summed E-state index contributed by atoms with van der Waals surface area (Å²) in [4.78, 5) is 25.3. The molecule has 0 bridgehead atoms. The number of amides is 1. The molecule has 7 heteroatoms. The molecule has 1 aromatic rings. The Hall–Kier alpha value is -1.47. The Morgan fingerprint density at radius 2 is 1.96 bits per heavy atom. The van der Waals surface area contributed by atoms with E-state index in [-0.39, 0.29) is 17.0 Å². The number of esters is 1. The van der Waals surface area contributed by atoms with Gasteiger partial charge in [-0.3, -0.25) is 4.79 Å². The van der Waals surface area contributed by atoms with Crippen LogP contribution >= 0.6 is 23.6 Å². The van der Waals surface area contributed by atoms with E-state index >= 15 is 0 Å². The van der Waals surface area contributed by atoms with E-state index in [2.05, 4.69) is 17.6 Å². The molecule has 1 aromatic heterocycles. The topological polar surface area (TPSA) is 67.4 Å². The quantitative estimate of drug-likeness (QED) is 0.420. The van der Waals surface area contributed by atoms with Crippen LogP contribution in [-0.2, 0) is 22.4 Å². The minimum atomic E-state index is -0.351. The number of hydrogen-bond donors (Lipinski definition) is 2. The normalized spacial score (nSPS) is 13.0. The van der Waals surface area contributed by atoms with E-state index in [0.29, 0.717) is 17.0 Å². The van der Waals surface area contributed by atoms with E-state index in [1.54, 1.807) is 0 Å². The van der Waals surface area contributed by atoms with Gasteiger partial charge in [-0.2, -0.15) is 0 Å². The molecule has 0 fully saturated rings. The van der Waals surface area contributed by atoms with Crippen molar-refractivity contribution in [1.29, 1.82) is 0 Å². The lowest BCUT2D eigenvalue weighted by molar-refractivity contribution is -0.119. The van der Waals surface area contributed by atoms with Crippen molar-refractivity contribution in [1.82, 2.24) is 5.32 Å². The molecule has 0 saturated heterocycles. The van der Waals surface area contributed by atoms with Gasteiger partial charge in [-0.1, -0.05) is 26.2 Å². The molecule has 0 spiro atoms. The van der Waals surface area contributed by atoms with E-state index < -0.39 is 0 Å². The Morgan fingerprint density at radius 3 is 2.68 bits per heavy atom. The van der Waals surface area contributed by atoms with Crippen molar-refractivity contribution < 1.29 is 14.3 Å². The second-order valence-corrected chi connectivity index (χ2v) is 7.73. The molecule has 1 aliphatic rings. The maximum Gasteiger partial charge on any atom is 0.341 e. The summed E-state index contributed by atoms with van der Waals surface area (Å²) in [5, 5.41) is 6.65. The van der Waals surface area contributed by atoms with Gasteiger partial charge in [-0.05, 0) is 49.9 Å². The van der Waals surface area contributed by atoms with Crippen LogP contribution in [0, 0.1) is 0 Å². The molecule has 0 aromatic carbocycles. The average Bonchev–Trinajstić information content (AvgIpc) is 2.95. The number of fused-ring (bicyclic) bond motifs is 1. The van der Waals surface area contributed by atoms with Crippen molar-refractivity contribution in [2.24, 2.45) is 0 Å². The number of carbonyl (C=O) groups excluding carboxylic acids is 2. The molecule has 0 unspecified atom stereocenters. The summed E-state index contributed by atoms with van der Waals surface area (Å²) in [5.41, 5.74) is 1.64. The Bertz CT molecular complexity index is 641. The van der Waals surface area contributed by atoms with Crippen molar-refractivity contribution in [2.75, 3.05) is 12.4 Å². The zero-order valence-corrected chi connectivity index (χ0v) is 16.5. The van der Waals surface area contributed by atoms with E-state index in [4.69, 9.17) is 17.0 Å². The zero-order valence-electron chi connectivity index (χ0n) is 14.9. The number of anilines is 1. The maximum atomic E-state index is 12.2. The van der Waals surface area contributed by atoms with Gasteiger partial charge in [-0.15, -0.1) is 11.3 Å². The van der Waals surface area contributed by atoms with Crippen LogP contribution in [-0.4, -0.2) is 24.1 Å². The molecule has 0 radical (unpaired) electrons. The van der Waals surface area contributed by atoms with Crippen molar-refractivity contribution >= 4 is 45.5 Å². The van der Waals surface area contributed by atoms with E-state index in [9.17, 15) is 9.59 Å². The highest BCUT2D eigenvalue weighted by Crippen LogP contribution is 2.38. The maximum absolute atomic E-state index is 12.2. The lowest BCUT2D eigenvalue weighted by Gasteiger charge is -2.12. The first-order valence-corrected chi connectivity index (χ1v) is 10.1. The van der Waals surface area contributed by atoms with Gasteiger partial charge in [0.1, 0.15) is 5.00 Å². The van der Waals surface area contributed by atoms with Crippen molar-refractivity contribution in [2.45, 2.75) is 64.7 Å². The van der Waals surface area contributed by atoms with Gasteiger partial charge in [0.05, 0.1) is 12.7 Å². The molecule has 0 saturated carbocycles. The van der Waals surface area contributed by atoms with Crippen molar-refractivity contribution in [3.05, 3.63) is 16.0 Å². The molecular weight excluding hydrogens is 356 g/mol. The van der Waals surface area contributed by atoms with Crippen molar-refractivity contribution in [3.63, 3.8) is 0 Å². The van der Waals surface area contributed by atoms with Crippen LogP contribution in [0.5, 0.6) is 0 Å². The minimum Gasteiger partial charge on any atom is -0.465 e. The highest BCUT2D eigenvalue weighted by atomic mass is 32.1. The minimum absolute atomic E-state index is 0.0884. The van der Waals surface area contributed by atoms with Gasteiger partial charge >= 0.3 is 5.97 Å².